The number of aromatic nitrogens is 3. The lowest BCUT2D eigenvalue weighted by atomic mass is 9.99. The standard InChI is InChI=1S/C17H20N4O3/c1-3-14-12(8-19-21(14)15-6-4-5-7-18-15)16(22)20-9-11(2)13(10-20)17(23)24/h4-8,11,13H,3,9-10H2,1-2H3,(H,23,24)/t11-,13-/m1/s1. The van der Waals surface area contributed by atoms with Crippen LogP contribution in [-0.4, -0.2) is 49.7 Å². The maximum absolute atomic E-state index is 12.8. The van der Waals surface area contributed by atoms with E-state index in [1.165, 1.54) is 0 Å². The second-order valence-corrected chi connectivity index (χ2v) is 6.09. The molecular weight excluding hydrogens is 308 g/mol. The Morgan fingerprint density at radius 2 is 2.12 bits per heavy atom. The second-order valence-electron chi connectivity index (χ2n) is 6.09. The molecule has 1 aliphatic rings. The van der Waals surface area contributed by atoms with Gasteiger partial charge in [-0.3, -0.25) is 9.59 Å². The summed E-state index contributed by atoms with van der Waals surface area (Å²) in [6.07, 6.45) is 3.86. The van der Waals surface area contributed by atoms with Gasteiger partial charge in [0.2, 0.25) is 0 Å². The Balaban J connectivity index is 1.89. The van der Waals surface area contributed by atoms with Crippen molar-refractivity contribution in [2.75, 3.05) is 13.1 Å². The molecule has 24 heavy (non-hydrogen) atoms. The van der Waals surface area contributed by atoms with Crippen molar-refractivity contribution in [3.63, 3.8) is 0 Å². The highest BCUT2D eigenvalue weighted by molar-refractivity contribution is 5.96. The second kappa shape index (κ2) is 6.43. The van der Waals surface area contributed by atoms with Gasteiger partial charge in [-0.05, 0) is 24.5 Å². The maximum atomic E-state index is 12.8. The lowest BCUT2D eigenvalue weighted by molar-refractivity contribution is -0.142. The molecule has 3 heterocycles. The molecule has 0 unspecified atom stereocenters. The van der Waals surface area contributed by atoms with Gasteiger partial charge in [0.25, 0.3) is 5.91 Å². The van der Waals surface area contributed by atoms with Crippen molar-refractivity contribution in [2.24, 2.45) is 11.8 Å². The maximum Gasteiger partial charge on any atom is 0.308 e. The normalized spacial score (nSPS) is 20.3. The van der Waals surface area contributed by atoms with E-state index in [9.17, 15) is 14.7 Å². The van der Waals surface area contributed by atoms with Crippen LogP contribution in [0.2, 0.25) is 0 Å². The van der Waals surface area contributed by atoms with Gasteiger partial charge in [0.15, 0.2) is 5.82 Å². The lowest BCUT2D eigenvalue weighted by Gasteiger charge is -2.16. The Morgan fingerprint density at radius 3 is 2.71 bits per heavy atom. The van der Waals surface area contributed by atoms with E-state index in [0.29, 0.717) is 24.3 Å². The van der Waals surface area contributed by atoms with Gasteiger partial charge in [-0.1, -0.05) is 19.9 Å². The molecule has 0 aromatic carbocycles. The molecule has 0 saturated carbocycles. The first-order valence-electron chi connectivity index (χ1n) is 8.03. The van der Waals surface area contributed by atoms with Crippen molar-refractivity contribution in [3.8, 4) is 5.82 Å². The largest absolute Gasteiger partial charge is 0.481 e. The molecule has 0 spiro atoms. The smallest absolute Gasteiger partial charge is 0.308 e. The van der Waals surface area contributed by atoms with E-state index in [1.807, 2.05) is 32.0 Å². The molecule has 7 nitrogen and oxygen atoms in total. The average Bonchev–Trinajstić information content (AvgIpc) is 3.18. The molecule has 126 valence electrons. The summed E-state index contributed by atoms with van der Waals surface area (Å²) in [6.45, 7) is 4.52. The zero-order valence-electron chi connectivity index (χ0n) is 13.7. The van der Waals surface area contributed by atoms with Gasteiger partial charge < -0.3 is 10.0 Å². The number of pyridine rings is 1. The Hall–Kier alpha value is -2.70. The highest BCUT2D eigenvalue weighted by Gasteiger charge is 2.38. The van der Waals surface area contributed by atoms with E-state index in [2.05, 4.69) is 10.1 Å². The minimum Gasteiger partial charge on any atom is -0.481 e. The third-order valence-electron chi connectivity index (χ3n) is 4.52. The molecule has 0 bridgehead atoms. The number of carbonyl (C=O) groups is 2. The summed E-state index contributed by atoms with van der Waals surface area (Å²) in [4.78, 5) is 30.0. The number of aliphatic carboxylic acids is 1. The number of likely N-dealkylation sites (tertiary alicyclic amines) is 1. The van der Waals surface area contributed by atoms with Crippen LogP contribution in [0.4, 0.5) is 0 Å². The number of amides is 1. The number of carboxylic acids is 1. The molecule has 2 atom stereocenters. The van der Waals surface area contributed by atoms with Gasteiger partial charge in [0.1, 0.15) is 0 Å². The van der Waals surface area contributed by atoms with Crippen molar-refractivity contribution in [1.82, 2.24) is 19.7 Å². The summed E-state index contributed by atoms with van der Waals surface area (Å²) in [5.74, 6) is -0.916. The highest BCUT2D eigenvalue weighted by atomic mass is 16.4. The third-order valence-corrected chi connectivity index (χ3v) is 4.52. The van der Waals surface area contributed by atoms with E-state index >= 15 is 0 Å². The van der Waals surface area contributed by atoms with Crippen LogP contribution < -0.4 is 0 Å². The van der Waals surface area contributed by atoms with Gasteiger partial charge in [0.05, 0.1) is 23.4 Å². The van der Waals surface area contributed by atoms with Crippen molar-refractivity contribution < 1.29 is 14.7 Å². The molecule has 7 heteroatoms. The number of nitrogens with zero attached hydrogens (tertiary/aromatic N) is 4. The monoisotopic (exact) mass is 328 g/mol. The van der Waals surface area contributed by atoms with Crippen LogP contribution in [0.5, 0.6) is 0 Å². The van der Waals surface area contributed by atoms with Crippen LogP contribution in [0.1, 0.15) is 29.9 Å². The van der Waals surface area contributed by atoms with Crippen LogP contribution >= 0.6 is 0 Å². The molecule has 0 aliphatic carbocycles. The first-order valence-corrected chi connectivity index (χ1v) is 8.03. The molecule has 1 fully saturated rings. The predicted octanol–water partition coefficient (Wildman–Crippen LogP) is 1.62. The van der Waals surface area contributed by atoms with E-state index in [-0.39, 0.29) is 18.4 Å². The lowest BCUT2D eigenvalue weighted by Crippen LogP contribution is -2.30. The Kier molecular flexibility index (Phi) is 4.33. The van der Waals surface area contributed by atoms with Crippen molar-refractivity contribution >= 4 is 11.9 Å². The van der Waals surface area contributed by atoms with Crippen LogP contribution in [0.3, 0.4) is 0 Å². The van der Waals surface area contributed by atoms with Gasteiger partial charge in [0, 0.05) is 19.3 Å². The van der Waals surface area contributed by atoms with Crippen LogP contribution in [0.25, 0.3) is 5.82 Å². The first kappa shape index (κ1) is 16.2. The minimum atomic E-state index is -0.849. The van der Waals surface area contributed by atoms with Gasteiger partial charge in [-0.15, -0.1) is 0 Å². The van der Waals surface area contributed by atoms with E-state index < -0.39 is 11.9 Å². The topological polar surface area (TPSA) is 88.3 Å². The molecule has 1 amide bonds. The summed E-state index contributed by atoms with van der Waals surface area (Å²) >= 11 is 0. The minimum absolute atomic E-state index is 0.0534. The molecular formula is C17H20N4O3. The van der Waals surface area contributed by atoms with Crippen LogP contribution in [0, 0.1) is 11.8 Å². The van der Waals surface area contributed by atoms with E-state index in [1.54, 1.807) is 22.0 Å². The van der Waals surface area contributed by atoms with E-state index in [4.69, 9.17) is 0 Å². The zero-order chi connectivity index (χ0) is 17.3. The molecule has 2 aromatic heterocycles. The van der Waals surface area contributed by atoms with Crippen molar-refractivity contribution in [3.05, 3.63) is 41.9 Å². The number of rotatable bonds is 4. The zero-order valence-corrected chi connectivity index (χ0v) is 13.7. The SMILES string of the molecule is CCc1c(C(=O)N2C[C@@H](C)[C@H](C(=O)O)C2)cnn1-c1ccccn1. The molecule has 1 saturated heterocycles. The van der Waals surface area contributed by atoms with Crippen molar-refractivity contribution in [2.45, 2.75) is 20.3 Å². The van der Waals surface area contributed by atoms with Crippen LogP contribution in [0.15, 0.2) is 30.6 Å². The van der Waals surface area contributed by atoms with Gasteiger partial charge >= 0.3 is 5.97 Å². The number of hydrogen-bond acceptors (Lipinski definition) is 4. The van der Waals surface area contributed by atoms with E-state index in [0.717, 1.165) is 5.69 Å². The summed E-state index contributed by atoms with van der Waals surface area (Å²) in [5, 5.41) is 13.6. The van der Waals surface area contributed by atoms with Crippen molar-refractivity contribution in [1.29, 1.82) is 0 Å². The number of carboxylic acid groups (broad SMARTS) is 1. The molecule has 2 aromatic rings. The Labute approximate surface area is 139 Å². The summed E-state index contributed by atoms with van der Waals surface area (Å²) in [7, 11) is 0. The molecule has 0 radical (unpaired) electrons. The van der Waals surface area contributed by atoms with Crippen LogP contribution in [-0.2, 0) is 11.2 Å². The molecule has 3 rings (SSSR count). The quantitative estimate of drug-likeness (QED) is 0.921. The van der Waals surface area contributed by atoms with Gasteiger partial charge in [-0.25, -0.2) is 9.67 Å². The fourth-order valence-corrected chi connectivity index (χ4v) is 3.19. The predicted molar refractivity (Wildman–Crippen MR) is 86.9 cm³/mol. The Bertz CT molecular complexity index is 756. The molecule has 1 aliphatic heterocycles. The number of hydrogen-bond donors (Lipinski definition) is 1. The highest BCUT2D eigenvalue weighted by Crippen LogP contribution is 2.26. The summed E-state index contributed by atoms with van der Waals surface area (Å²) in [6, 6.07) is 5.52. The molecule has 1 N–H and O–H groups in total. The fraction of sp³-hybridized carbons (Fsp3) is 0.412. The first-order chi connectivity index (χ1) is 11.5. The Morgan fingerprint density at radius 1 is 1.33 bits per heavy atom. The fourth-order valence-electron chi connectivity index (χ4n) is 3.19. The summed E-state index contributed by atoms with van der Waals surface area (Å²) in [5.41, 5.74) is 1.30. The van der Waals surface area contributed by atoms with Gasteiger partial charge in [-0.2, -0.15) is 5.10 Å². The third kappa shape index (κ3) is 2.77. The summed E-state index contributed by atoms with van der Waals surface area (Å²) < 4.78 is 1.67. The number of carbonyl (C=O) groups excluding carboxylic acids is 1. The average molecular weight is 328 g/mol.